The molecule has 3 rings (SSSR count). The fourth-order valence-electron chi connectivity index (χ4n) is 2.82. The van der Waals surface area contributed by atoms with E-state index in [1.807, 2.05) is 11.8 Å². The zero-order chi connectivity index (χ0) is 14.5. The molecule has 0 unspecified atom stereocenters. The van der Waals surface area contributed by atoms with Crippen molar-refractivity contribution in [3.05, 3.63) is 28.2 Å². The van der Waals surface area contributed by atoms with Crippen molar-refractivity contribution < 1.29 is 0 Å². The molecule has 3 nitrogen and oxygen atoms in total. The number of fused-ring (bicyclic) bond motifs is 1. The number of benzene rings is 1. The van der Waals surface area contributed by atoms with Crippen LogP contribution in [0.3, 0.4) is 0 Å². The maximum absolute atomic E-state index is 4.62. The zero-order valence-electron chi connectivity index (χ0n) is 13.1. The first-order chi connectivity index (χ1) is 10.3. The number of nitrogens with zero attached hydrogens (tertiary/aromatic N) is 2. The molecule has 2 aliphatic heterocycles. The second-order valence-corrected chi connectivity index (χ2v) is 7.65. The Morgan fingerprint density at radius 3 is 2.74 bits per heavy atom. The zero-order valence-corrected chi connectivity index (χ0v) is 17.1. The van der Waals surface area contributed by atoms with Crippen LogP contribution in [0.4, 0.5) is 5.69 Å². The van der Waals surface area contributed by atoms with E-state index >= 15 is 0 Å². The van der Waals surface area contributed by atoms with Crippen LogP contribution in [-0.4, -0.2) is 35.5 Å². The molecule has 0 radical (unpaired) electrons. The van der Waals surface area contributed by atoms with Gasteiger partial charge in [-0.3, -0.25) is 4.99 Å². The number of halogens is 3. The molecule has 1 N–H and O–H groups in total. The third kappa shape index (κ3) is 6.46. The molecule has 0 aliphatic carbocycles. The Morgan fingerprint density at radius 1 is 1.17 bits per heavy atom. The second-order valence-electron chi connectivity index (χ2n) is 5.65. The highest BCUT2D eigenvalue weighted by molar-refractivity contribution is 9.10. The quantitative estimate of drug-likeness (QED) is 0.638. The molecule has 1 fully saturated rings. The number of aliphatic imine (C=N–C) groups is 1. The lowest BCUT2D eigenvalue weighted by Gasteiger charge is -2.18. The Balaban J connectivity index is 0.00000132. The van der Waals surface area contributed by atoms with Crippen LogP contribution < -0.4 is 5.32 Å². The molecule has 1 saturated heterocycles. The molecule has 1 aromatic rings. The second kappa shape index (κ2) is 10.8. The maximum atomic E-state index is 4.62. The van der Waals surface area contributed by atoms with Gasteiger partial charge in [-0.25, -0.2) is 0 Å². The van der Waals surface area contributed by atoms with Gasteiger partial charge in [0, 0.05) is 15.9 Å². The van der Waals surface area contributed by atoms with Crippen molar-refractivity contribution in [2.24, 2.45) is 4.99 Å². The SMILES string of the molecule is Brc1ccc2c(c1)CN=C(SCCCCN1CCCC1)N2.Cl.Cl. The van der Waals surface area contributed by atoms with E-state index in [1.165, 1.54) is 56.6 Å². The lowest BCUT2D eigenvalue weighted by atomic mass is 10.1. The summed E-state index contributed by atoms with van der Waals surface area (Å²) in [7, 11) is 0. The van der Waals surface area contributed by atoms with E-state index < -0.39 is 0 Å². The van der Waals surface area contributed by atoms with Gasteiger partial charge >= 0.3 is 0 Å². The minimum absolute atomic E-state index is 0. The summed E-state index contributed by atoms with van der Waals surface area (Å²) in [4.78, 5) is 7.22. The molecule has 2 aliphatic rings. The summed E-state index contributed by atoms with van der Waals surface area (Å²) >= 11 is 5.36. The Bertz CT molecular complexity index is 522. The van der Waals surface area contributed by atoms with Crippen molar-refractivity contribution in [2.45, 2.75) is 32.2 Å². The van der Waals surface area contributed by atoms with Crippen LogP contribution in [-0.2, 0) is 6.54 Å². The summed E-state index contributed by atoms with van der Waals surface area (Å²) in [6.07, 6.45) is 5.37. The molecule has 1 aromatic carbocycles. The van der Waals surface area contributed by atoms with Crippen molar-refractivity contribution in [1.82, 2.24) is 4.90 Å². The van der Waals surface area contributed by atoms with Gasteiger partial charge in [-0.2, -0.15) is 0 Å². The molecule has 130 valence electrons. The normalized spacial score (nSPS) is 16.7. The summed E-state index contributed by atoms with van der Waals surface area (Å²) < 4.78 is 1.12. The topological polar surface area (TPSA) is 27.6 Å². The standard InChI is InChI=1S/C16H22BrN3S.2ClH/c17-14-5-6-15-13(11-14)12-18-16(19-15)21-10-4-3-9-20-7-1-2-8-20;;/h5-6,11H,1-4,7-10,12H2,(H,18,19);2*1H. The summed E-state index contributed by atoms with van der Waals surface area (Å²) in [6.45, 7) is 4.69. The largest absolute Gasteiger partial charge is 0.335 e. The van der Waals surface area contributed by atoms with Gasteiger partial charge in [-0.1, -0.05) is 27.7 Å². The van der Waals surface area contributed by atoms with Gasteiger partial charge in [0.25, 0.3) is 0 Å². The number of anilines is 1. The minimum Gasteiger partial charge on any atom is -0.335 e. The van der Waals surface area contributed by atoms with Gasteiger partial charge in [-0.05, 0) is 69.1 Å². The number of thioether (sulfide) groups is 1. The van der Waals surface area contributed by atoms with Crippen LogP contribution in [0.25, 0.3) is 0 Å². The minimum atomic E-state index is 0. The van der Waals surface area contributed by atoms with E-state index in [9.17, 15) is 0 Å². The third-order valence-electron chi connectivity index (χ3n) is 4.01. The molecule has 7 heteroatoms. The molecular weight excluding hydrogens is 417 g/mol. The number of nitrogens with one attached hydrogen (secondary N) is 1. The maximum Gasteiger partial charge on any atom is 0.161 e. The molecule has 0 saturated carbocycles. The predicted molar refractivity (Wildman–Crippen MR) is 111 cm³/mol. The summed E-state index contributed by atoms with van der Waals surface area (Å²) in [5, 5.41) is 4.51. The molecule has 0 aromatic heterocycles. The van der Waals surface area contributed by atoms with Gasteiger partial charge in [0.2, 0.25) is 0 Å². The summed E-state index contributed by atoms with van der Waals surface area (Å²) in [6, 6.07) is 6.35. The van der Waals surface area contributed by atoms with Gasteiger partial charge < -0.3 is 10.2 Å². The number of hydrogen-bond donors (Lipinski definition) is 1. The molecule has 23 heavy (non-hydrogen) atoms. The Kier molecular flexibility index (Phi) is 9.94. The van der Waals surface area contributed by atoms with E-state index in [0.29, 0.717) is 0 Å². The fourth-order valence-corrected chi connectivity index (χ4v) is 4.11. The number of hydrogen-bond acceptors (Lipinski definition) is 4. The van der Waals surface area contributed by atoms with E-state index in [1.54, 1.807) is 0 Å². The highest BCUT2D eigenvalue weighted by Gasteiger charge is 2.13. The van der Waals surface area contributed by atoms with Crippen molar-refractivity contribution in [3.63, 3.8) is 0 Å². The number of unbranched alkanes of at least 4 members (excludes halogenated alkanes) is 1. The van der Waals surface area contributed by atoms with Gasteiger partial charge in [0.05, 0.1) is 6.54 Å². The van der Waals surface area contributed by atoms with Crippen LogP contribution >= 0.6 is 52.5 Å². The van der Waals surface area contributed by atoms with Crippen LogP contribution in [0, 0.1) is 0 Å². The van der Waals surface area contributed by atoms with Crippen molar-refractivity contribution in [1.29, 1.82) is 0 Å². The molecular formula is C16H24BrCl2N3S. The van der Waals surface area contributed by atoms with Crippen molar-refractivity contribution >= 4 is 63.4 Å². The van der Waals surface area contributed by atoms with Crippen molar-refractivity contribution in [3.8, 4) is 0 Å². The average Bonchev–Trinajstić information content (AvgIpc) is 3.00. The Labute approximate surface area is 164 Å². The van der Waals surface area contributed by atoms with E-state index in [4.69, 9.17) is 0 Å². The molecule has 0 atom stereocenters. The van der Waals surface area contributed by atoms with Gasteiger partial charge in [0.1, 0.15) is 0 Å². The van der Waals surface area contributed by atoms with E-state index in [-0.39, 0.29) is 24.8 Å². The Morgan fingerprint density at radius 2 is 1.96 bits per heavy atom. The lowest BCUT2D eigenvalue weighted by molar-refractivity contribution is 0.333. The number of likely N-dealkylation sites (tertiary alicyclic amines) is 1. The van der Waals surface area contributed by atoms with Crippen LogP contribution in [0.1, 0.15) is 31.2 Å². The molecule has 0 spiro atoms. The summed E-state index contributed by atoms with van der Waals surface area (Å²) in [5.41, 5.74) is 2.47. The number of amidine groups is 1. The molecule has 2 heterocycles. The lowest BCUT2D eigenvalue weighted by Crippen LogP contribution is -2.20. The summed E-state index contributed by atoms with van der Waals surface area (Å²) in [5.74, 6) is 1.16. The monoisotopic (exact) mass is 439 g/mol. The first-order valence-corrected chi connectivity index (χ1v) is 9.54. The first-order valence-electron chi connectivity index (χ1n) is 7.76. The van der Waals surface area contributed by atoms with Crippen LogP contribution in [0.15, 0.2) is 27.7 Å². The van der Waals surface area contributed by atoms with E-state index in [2.05, 4.69) is 49.3 Å². The van der Waals surface area contributed by atoms with E-state index in [0.717, 1.165) is 21.9 Å². The predicted octanol–water partition coefficient (Wildman–Crippen LogP) is 5.18. The first kappa shape index (κ1) is 21.1. The van der Waals surface area contributed by atoms with Crippen molar-refractivity contribution in [2.75, 3.05) is 30.7 Å². The van der Waals surface area contributed by atoms with Gasteiger partial charge in [0.15, 0.2) is 5.17 Å². The van der Waals surface area contributed by atoms with Crippen LogP contribution in [0.2, 0.25) is 0 Å². The molecule has 0 amide bonds. The fraction of sp³-hybridized carbons (Fsp3) is 0.562. The third-order valence-corrected chi connectivity index (χ3v) is 5.50. The van der Waals surface area contributed by atoms with Gasteiger partial charge in [-0.15, -0.1) is 24.8 Å². The van der Waals surface area contributed by atoms with Crippen LogP contribution in [0.5, 0.6) is 0 Å². The average molecular weight is 441 g/mol. The number of rotatable bonds is 5. The smallest absolute Gasteiger partial charge is 0.161 e. The Hall–Kier alpha value is 0.0600. The highest BCUT2D eigenvalue weighted by Crippen LogP contribution is 2.26. The highest BCUT2D eigenvalue weighted by atomic mass is 79.9. The molecule has 0 bridgehead atoms.